The van der Waals surface area contributed by atoms with Crippen LogP contribution in [-0.4, -0.2) is 14.2 Å². The lowest BCUT2D eigenvalue weighted by Gasteiger charge is -2.16. The monoisotopic (exact) mass is 385 g/mol. The molecule has 2 heterocycles. The summed E-state index contributed by atoms with van der Waals surface area (Å²) in [5.74, 6) is 1.07. The summed E-state index contributed by atoms with van der Waals surface area (Å²) in [6.45, 7) is 8.41. The van der Waals surface area contributed by atoms with Gasteiger partial charge in [-0.15, -0.1) is 5.10 Å². The van der Waals surface area contributed by atoms with E-state index in [2.05, 4.69) is 19.9 Å². The van der Waals surface area contributed by atoms with Gasteiger partial charge in [0.05, 0.1) is 0 Å². The maximum atomic E-state index is 13.3. The zero-order chi connectivity index (χ0) is 19.7. The van der Waals surface area contributed by atoms with Gasteiger partial charge in [-0.1, -0.05) is 38.3 Å². The Morgan fingerprint density at radius 2 is 1.78 bits per heavy atom. The summed E-state index contributed by atoms with van der Waals surface area (Å²) in [5, 5.41) is 5.54. The van der Waals surface area contributed by atoms with Gasteiger partial charge in [-0.05, 0) is 68.0 Å². The van der Waals surface area contributed by atoms with Gasteiger partial charge >= 0.3 is 0 Å². The molecule has 0 saturated heterocycles. The van der Waals surface area contributed by atoms with Crippen LogP contribution in [0.5, 0.6) is 0 Å². The van der Waals surface area contributed by atoms with Crippen LogP contribution in [0.2, 0.25) is 5.02 Å². The van der Waals surface area contributed by atoms with Crippen LogP contribution >= 0.6 is 11.6 Å². The predicted octanol–water partition coefficient (Wildman–Crippen LogP) is 5.65. The summed E-state index contributed by atoms with van der Waals surface area (Å²) >= 11 is 6.10. The molecule has 2 aromatic heterocycles. The minimum atomic E-state index is 0.00894. The van der Waals surface area contributed by atoms with Crippen molar-refractivity contribution in [3.63, 3.8) is 0 Å². The van der Waals surface area contributed by atoms with Crippen molar-refractivity contribution >= 4 is 17.1 Å². The number of nitrogens with zero attached hydrogens (tertiary/aromatic N) is 3. The summed E-state index contributed by atoms with van der Waals surface area (Å²) in [7, 11) is 1.81. The molecule has 0 spiro atoms. The standard InChI is InChI=1S/C22H28ClN3O/c1-6-8-16(9-7-2)19-13-15(4)26-20(19)22(27)25(5)21(24-26)18-11-10-17(23)12-14(18)3/h10-13,16H,6-9H2,1-5H3. The normalized spacial score (nSPS) is 11.7. The molecule has 0 aliphatic heterocycles. The molecule has 5 heteroatoms. The van der Waals surface area contributed by atoms with Crippen LogP contribution in [0.15, 0.2) is 29.1 Å². The van der Waals surface area contributed by atoms with Gasteiger partial charge in [0, 0.05) is 23.3 Å². The first-order valence-corrected chi connectivity index (χ1v) is 10.1. The Hall–Kier alpha value is -2.07. The van der Waals surface area contributed by atoms with E-state index in [0.717, 1.165) is 53.6 Å². The Kier molecular flexibility index (Phi) is 5.75. The molecular formula is C22H28ClN3O. The second-order valence-corrected chi connectivity index (χ2v) is 7.86. The van der Waals surface area contributed by atoms with Gasteiger partial charge in [0.15, 0.2) is 5.82 Å². The highest BCUT2D eigenvalue weighted by Gasteiger charge is 2.21. The molecule has 0 aliphatic rings. The smallest absolute Gasteiger partial charge is 0.278 e. The van der Waals surface area contributed by atoms with Gasteiger partial charge in [0.1, 0.15) is 5.52 Å². The largest absolute Gasteiger partial charge is 0.293 e. The van der Waals surface area contributed by atoms with Crippen molar-refractivity contribution in [2.45, 2.75) is 59.3 Å². The molecule has 0 bridgehead atoms. The van der Waals surface area contributed by atoms with Crippen LogP contribution < -0.4 is 5.56 Å². The molecule has 1 aromatic carbocycles. The topological polar surface area (TPSA) is 39.3 Å². The van der Waals surface area contributed by atoms with Crippen molar-refractivity contribution in [1.29, 1.82) is 0 Å². The van der Waals surface area contributed by atoms with E-state index < -0.39 is 0 Å². The minimum absolute atomic E-state index is 0.00894. The fourth-order valence-electron chi connectivity index (χ4n) is 3.99. The Bertz CT molecular complexity index is 1030. The molecule has 0 fully saturated rings. The minimum Gasteiger partial charge on any atom is -0.293 e. The van der Waals surface area contributed by atoms with Crippen LogP contribution in [0.4, 0.5) is 0 Å². The van der Waals surface area contributed by atoms with Crippen LogP contribution in [0.1, 0.15) is 62.3 Å². The number of rotatable bonds is 6. The van der Waals surface area contributed by atoms with Crippen LogP contribution in [-0.2, 0) is 7.05 Å². The van der Waals surface area contributed by atoms with Crippen LogP contribution in [0, 0.1) is 13.8 Å². The van der Waals surface area contributed by atoms with Crippen molar-refractivity contribution in [3.8, 4) is 11.4 Å². The van der Waals surface area contributed by atoms with Gasteiger partial charge < -0.3 is 0 Å². The zero-order valence-corrected chi connectivity index (χ0v) is 17.6. The average Bonchev–Trinajstić information content (AvgIpc) is 2.95. The lowest BCUT2D eigenvalue weighted by atomic mass is 9.91. The van der Waals surface area contributed by atoms with E-state index in [-0.39, 0.29) is 5.56 Å². The van der Waals surface area contributed by atoms with E-state index in [1.54, 1.807) is 11.6 Å². The van der Waals surface area contributed by atoms with Crippen molar-refractivity contribution in [1.82, 2.24) is 14.2 Å². The highest BCUT2D eigenvalue weighted by atomic mass is 35.5. The summed E-state index contributed by atoms with van der Waals surface area (Å²) in [5.41, 5.74) is 4.80. The fraction of sp³-hybridized carbons (Fsp3) is 0.455. The van der Waals surface area contributed by atoms with Gasteiger partial charge in [0.25, 0.3) is 5.56 Å². The highest BCUT2D eigenvalue weighted by molar-refractivity contribution is 6.30. The van der Waals surface area contributed by atoms with Crippen LogP contribution in [0.3, 0.4) is 0 Å². The molecule has 0 aliphatic carbocycles. The van der Waals surface area contributed by atoms with E-state index in [1.165, 1.54) is 0 Å². The van der Waals surface area contributed by atoms with Gasteiger partial charge in [-0.3, -0.25) is 9.36 Å². The van der Waals surface area contributed by atoms with Gasteiger partial charge in [0.2, 0.25) is 0 Å². The Morgan fingerprint density at radius 1 is 1.11 bits per heavy atom. The Morgan fingerprint density at radius 3 is 2.37 bits per heavy atom. The number of aryl methyl sites for hydroxylation is 2. The van der Waals surface area contributed by atoms with E-state index in [1.807, 2.05) is 36.6 Å². The molecule has 144 valence electrons. The second-order valence-electron chi connectivity index (χ2n) is 7.42. The number of hydrogen-bond donors (Lipinski definition) is 0. The molecule has 0 amide bonds. The first kappa shape index (κ1) is 19.7. The third-order valence-corrected chi connectivity index (χ3v) is 5.58. The number of benzene rings is 1. The Labute approximate surface area is 165 Å². The second kappa shape index (κ2) is 7.89. The summed E-state index contributed by atoms with van der Waals surface area (Å²) in [6.07, 6.45) is 4.40. The lowest BCUT2D eigenvalue weighted by Crippen LogP contribution is -2.24. The molecule has 0 atom stereocenters. The van der Waals surface area contributed by atoms with E-state index in [0.29, 0.717) is 16.8 Å². The van der Waals surface area contributed by atoms with Crippen molar-refractivity contribution in [2.75, 3.05) is 0 Å². The summed E-state index contributed by atoms with van der Waals surface area (Å²) in [6, 6.07) is 7.83. The van der Waals surface area contributed by atoms with E-state index in [9.17, 15) is 4.79 Å². The first-order chi connectivity index (χ1) is 12.9. The molecule has 3 aromatic rings. The molecule has 0 saturated carbocycles. The van der Waals surface area contributed by atoms with Crippen molar-refractivity contribution in [3.05, 3.63) is 56.5 Å². The molecule has 0 unspecified atom stereocenters. The SMILES string of the molecule is CCCC(CCC)c1cc(C)n2nc(-c3ccc(Cl)cc3C)n(C)c(=O)c12. The number of fused-ring (bicyclic) bond motifs is 1. The maximum absolute atomic E-state index is 13.3. The lowest BCUT2D eigenvalue weighted by molar-refractivity contribution is 0.563. The van der Waals surface area contributed by atoms with Crippen LogP contribution in [0.25, 0.3) is 16.9 Å². The number of halogens is 1. The maximum Gasteiger partial charge on any atom is 0.278 e. The highest BCUT2D eigenvalue weighted by Crippen LogP contribution is 2.31. The molecule has 0 radical (unpaired) electrons. The first-order valence-electron chi connectivity index (χ1n) is 9.74. The molecule has 4 nitrogen and oxygen atoms in total. The fourth-order valence-corrected chi connectivity index (χ4v) is 4.22. The van der Waals surface area contributed by atoms with E-state index in [4.69, 9.17) is 16.7 Å². The quantitative estimate of drug-likeness (QED) is 0.549. The summed E-state index contributed by atoms with van der Waals surface area (Å²) < 4.78 is 3.50. The Balaban J connectivity index is 2.27. The summed E-state index contributed by atoms with van der Waals surface area (Å²) in [4.78, 5) is 13.3. The number of aromatic nitrogens is 3. The molecular weight excluding hydrogens is 358 g/mol. The predicted molar refractivity (Wildman–Crippen MR) is 113 cm³/mol. The number of hydrogen-bond acceptors (Lipinski definition) is 2. The molecule has 27 heavy (non-hydrogen) atoms. The third-order valence-electron chi connectivity index (χ3n) is 5.35. The van der Waals surface area contributed by atoms with Crippen molar-refractivity contribution in [2.24, 2.45) is 7.05 Å². The van der Waals surface area contributed by atoms with Crippen molar-refractivity contribution < 1.29 is 0 Å². The average molecular weight is 386 g/mol. The zero-order valence-electron chi connectivity index (χ0n) is 16.8. The van der Waals surface area contributed by atoms with Gasteiger partial charge in [-0.2, -0.15) is 0 Å². The molecule has 0 N–H and O–H groups in total. The van der Waals surface area contributed by atoms with Gasteiger partial charge in [-0.25, -0.2) is 4.52 Å². The third kappa shape index (κ3) is 3.55. The molecule has 3 rings (SSSR count). The van der Waals surface area contributed by atoms with E-state index >= 15 is 0 Å².